The third-order valence-corrected chi connectivity index (χ3v) is 1.86. The molecule has 0 N–H and O–H groups in total. The number of ether oxygens (including phenoxy) is 1. The van der Waals surface area contributed by atoms with E-state index < -0.39 is 16.1 Å². The van der Waals surface area contributed by atoms with Crippen molar-refractivity contribution in [2.24, 2.45) is 0 Å². The summed E-state index contributed by atoms with van der Waals surface area (Å²) in [5, 5.41) is 0. The molecular weight excluding hydrogens is 208 g/mol. The molecule has 0 atom stereocenters. The van der Waals surface area contributed by atoms with Gasteiger partial charge in [-0.1, -0.05) is 6.08 Å². The van der Waals surface area contributed by atoms with E-state index in [2.05, 4.69) is 8.92 Å². The monoisotopic (exact) mass is 222 g/mol. The first-order valence-electron chi connectivity index (χ1n) is 4.04. The first-order chi connectivity index (χ1) is 6.45. The van der Waals surface area contributed by atoms with E-state index in [1.807, 2.05) is 0 Å². The van der Waals surface area contributed by atoms with E-state index in [0.29, 0.717) is 12.8 Å². The number of rotatable bonds is 6. The Hall–Kier alpha value is -0.880. The van der Waals surface area contributed by atoms with Gasteiger partial charge in [0.25, 0.3) is 10.1 Å². The quantitative estimate of drug-likeness (QED) is 0.283. The van der Waals surface area contributed by atoms with E-state index >= 15 is 0 Å². The number of carbonyl (C=O) groups excluding carboxylic acids is 1. The lowest BCUT2D eigenvalue weighted by Crippen LogP contribution is -2.03. The SMILES string of the molecule is COC(=O)/C=C/CCCOS(C)(=O)=O. The predicted octanol–water partition coefficient (Wildman–Crippen LogP) is 0.472. The minimum atomic E-state index is -3.35. The molecule has 0 radical (unpaired) electrons. The van der Waals surface area contributed by atoms with Gasteiger partial charge in [0.05, 0.1) is 20.0 Å². The van der Waals surface area contributed by atoms with Crippen LogP contribution in [0.15, 0.2) is 12.2 Å². The van der Waals surface area contributed by atoms with Gasteiger partial charge in [0.2, 0.25) is 0 Å². The minimum Gasteiger partial charge on any atom is -0.466 e. The lowest BCUT2D eigenvalue weighted by atomic mass is 10.3. The van der Waals surface area contributed by atoms with Gasteiger partial charge in [-0.3, -0.25) is 4.18 Å². The van der Waals surface area contributed by atoms with Crippen LogP contribution in [0.1, 0.15) is 12.8 Å². The number of methoxy groups -OCH3 is 1. The summed E-state index contributed by atoms with van der Waals surface area (Å²) in [6, 6.07) is 0. The van der Waals surface area contributed by atoms with Gasteiger partial charge in [-0.15, -0.1) is 0 Å². The fraction of sp³-hybridized carbons (Fsp3) is 0.625. The normalized spacial score (nSPS) is 11.9. The van der Waals surface area contributed by atoms with Crippen molar-refractivity contribution < 1.29 is 22.1 Å². The van der Waals surface area contributed by atoms with Crippen LogP contribution < -0.4 is 0 Å². The molecule has 0 unspecified atom stereocenters. The van der Waals surface area contributed by atoms with Crippen molar-refractivity contribution in [3.8, 4) is 0 Å². The zero-order valence-corrected chi connectivity index (χ0v) is 9.04. The van der Waals surface area contributed by atoms with Crippen LogP contribution in [0, 0.1) is 0 Å². The third-order valence-electron chi connectivity index (χ3n) is 1.27. The summed E-state index contributed by atoms with van der Waals surface area (Å²) in [7, 11) is -2.06. The van der Waals surface area contributed by atoms with Gasteiger partial charge in [-0.2, -0.15) is 8.42 Å². The highest BCUT2D eigenvalue weighted by atomic mass is 32.2. The molecule has 0 aliphatic heterocycles. The van der Waals surface area contributed by atoms with Crippen LogP contribution in [0.3, 0.4) is 0 Å². The largest absolute Gasteiger partial charge is 0.466 e. The maximum Gasteiger partial charge on any atom is 0.330 e. The van der Waals surface area contributed by atoms with Crippen molar-refractivity contribution >= 4 is 16.1 Å². The molecule has 0 amide bonds. The number of hydrogen-bond donors (Lipinski definition) is 0. The van der Waals surface area contributed by atoms with Crippen molar-refractivity contribution in [1.29, 1.82) is 0 Å². The fourth-order valence-electron chi connectivity index (χ4n) is 0.659. The average Bonchev–Trinajstić information content (AvgIpc) is 2.08. The van der Waals surface area contributed by atoms with Crippen LogP contribution in [-0.4, -0.2) is 34.4 Å². The molecule has 5 nitrogen and oxygen atoms in total. The average molecular weight is 222 g/mol. The fourth-order valence-corrected chi connectivity index (χ4v) is 1.08. The van der Waals surface area contributed by atoms with Crippen LogP contribution in [0.4, 0.5) is 0 Å². The Morgan fingerprint density at radius 1 is 1.43 bits per heavy atom. The summed E-state index contributed by atoms with van der Waals surface area (Å²) in [5.74, 6) is -0.422. The zero-order chi connectivity index (χ0) is 11.0. The molecular formula is C8H14O5S. The Bertz CT molecular complexity index is 291. The number of hydrogen-bond acceptors (Lipinski definition) is 5. The first-order valence-corrected chi connectivity index (χ1v) is 5.86. The maximum atomic E-state index is 10.6. The van der Waals surface area contributed by atoms with Gasteiger partial charge in [0.15, 0.2) is 0 Å². The van der Waals surface area contributed by atoms with Gasteiger partial charge >= 0.3 is 5.97 Å². The molecule has 0 spiro atoms. The zero-order valence-electron chi connectivity index (χ0n) is 8.23. The highest BCUT2D eigenvalue weighted by molar-refractivity contribution is 7.85. The van der Waals surface area contributed by atoms with E-state index in [1.54, 1.807) is 6.08 Å². The lowest BCUT2D eigenvalue weighted by Gasteiger charge is -1.97. The molecule has 0 aliphatic carbocycles. The van der Waals surface area contributed by atoms with E-state index in [9.17, 15) is 13.2 Å². The molecule has 82 valence electrons. The van der Waals surface area contributed by atoms with Crippen LogP contribution in [0.25, 0.3) is 0 Å². The van der Waals surface area contributed by atoms with E-state index in [-0.39, 0.29) is 6.61 Å². The Kier molecular flexibility index (Phi) is 6.14. The lowest BCUT2D eigenvalue weighted by molar-refractivity contribution is -0.134. The van der Waals surface area contributed by atoms with Gasteiger partial charge in [-0.25, -0.2) is 4.79 Å². The van der Waals surface area contributed by atoms with Gasteiger partial charge in [-0.05, 0) is 12.8 Å². The van der Waals surface area contributed by atoms with Crippen LogP contribution in [-0.2, 0) is 23.8 Å². The second-order valence-electron chi connectivity index (χ2n) is 2.59. The molecule has 0 bridgehead atoms. The molecule has 0 aromatic rings. The Morgan fingerprint density at radius 3 is 2.57 bits per heavy atom. The molecule has 0 saturated carbocycles. The van der Waals surface area contributed by atoms with Crippen LogP contribution in [0.5, 0.6) is 0 Å². The van der Waals surface area contributed by atoms with Gasteiger partial charge in [0.1, 0.15) is 0 Å². The summed E-state index contributed by atoms with van der Waals surface area (Å²) in [5.41, 5.74) is 0. The van der Waals surface area contributed by atoms with Crippen LogP contribution >= 0.6 is 0 Å². The summed E-state index contributed by atoms with van der Waals surface area (Å²) in [6.07, 6.45) is 5.01. The second kappa shape index (κ2) is 6.56. The molecule has 0 saturated heterocycles. The molecule has 0 aromatic carbocycles. The van der Waals surface area contributed by atoms with Gasteiger partial charge in [0, 0.05) is 6.08 Å². The maximum absolute atomic E-state index is 10.6. The van der Waals surface area contributed by atoms with E-state index in [0.717, 1.165) is 6.26 Å². The first kappa shape index (κ1) is 13.1. The third kappa shape index (κ3) is 9.21. The van der Waals surface area contributed by atoms with Crippen molar-refractivity contribution in [3.05, 3.63) is 12.2 Å². The van der Waals surface area contributed by atoms with E-state index in [1.165, 1.54) is 13.2 Å². The molecule has 0 aromatic heterocycles. The summed E-state index contributed by atoms with van der Waals surface area (Å²) < 4.78 is 29.9. The topological polar surface area (TPSA) is 69.7 Å². The molecule has 6 heteroatoms. The van der Waals surface area contributed by atoms with Crippen molar-refractivity contribution in [1.82, 2.24) is 0 Å². The van der Waals surface area contributed by atoms with Crippen molar-refractivity contribution in [2.45, 2.75) is 12.8 Å². The molecule has 0 aliphatic rings. The Morgan fingerprint density at radius 2 is 2.07 bits per heavy atom. The Balaban J connectivity index is 3.48. The smallest absolute Gasteiger partial charge is 0.330 e. The van der Waals surface area contributed by atoms with E-state index in [4.69, 9.17) is 0 Å². The number of esters is 1. The summed E-state index contributed by atoms with van der Waals surface area (Å²) in [6.45, 7) is 0.129. The standard InChI is InChI=1S/C8H14O5S/c1-12-8(9)6-4-3-5-7-13-14(2,10)11/h4,6H,3,5,7H2,1-2H3/b6-4+. The highest BCUT2D eigenvalue weighted by Crippen LogP contribution is 1.95. The second-order valence-corrected chi connectivity index (χ2v) is 4.24. The molecule has 14 heavy (non-hydrogen) atoms. The van der Waals surface area contributed by atoms with Crippen molar-refractivity contribution in [3.63, 3.8) is 0 Å². The Labute approximate surface area is 83.8 Å². The predicted molar refractivity (Wildman–Crippen MR) is 51.2 cm³/mol. The highest BCUT2D eigenvalue weighted by Gasteiger charge is 1.99. The van der Waals surface area contributed by atoms with Crippen LogP contribution in [0.2, 0.25) is 0 Å². The van der Waals surface area contributed by atoms with Crippen molar-refractivity contribution in [2.75, 3.05) is 20.0 Å². The molecule has 0 fully saturated rings. The van der Waals surface area contributed by atoms with Gasteiger partial charge < -0.3 is 4.74 Å². The number of carbonyl (C=O) groups is 1. The molecule has 0 rings (SSSR count). The minimum absolute atomic E-state index is 0.129. The summed E-state index contributed by atoms with van der Waals surface area (Å²) >= 11 is 0. The molecule has 0 heterocycles. The summed E-state index contributed by atoms with van der Waals surface area (Å²) in [4.78, 5) is 10.6. The number of allylic oxidation sites excluding steroid dienone is 1. The number of unbranched alkanes of at least 4 members (excludes halogenated alkanes) is 1.